The number of nitrogens with one attached hydrogen (secondary N) is 1. The molecule has 0 radical (unpaired) electrons. The molecule has 0 aliphatic carbocycles. The SMILES string of the molecule is O=C(O)C(=O)C1CNc2ccc(C(=O)N3CCC(Cc4ccccc4)CC3)cc21. The summed E-state index contributed by atoms with van der Waals surface area (Å²) in [6.45, 7) is 1.68. The minimum atomic E-state index is -1.44. The van der Waals surface area contributed by atoms with Gasteiger partial charge in [0, 0.05) is 30.9 Å². The molecule has 4 rings (SSSR count). The van der Waals surface area contributed by atoms with E-state index in [4.69, 9.17) is 5.11 Å². The summed E-state index contributed by atoms with van der Waals surface area (Å²) >= 11 is 0. The molecule has 2 aliphatic rings. The Morgan fingerprint density at radius 1 is 1.03 bits per heavy atom. The topological polar surface area (TPSA) is 86.7 Å². The van der Waals surface area contributed by atoms with Crippen LogP contribution in [0.2, 0.25) is 0 Å². The van der Waals surface area contributed by atoms with Crippen molar-refractivity contribution in [1.82, 2.24) is 4.90 Å². The van der Waals surface area contributed by atoms with Gasteiger partial charge in [0.1, 0.15) is 0 Å². The van der Waals surface area contributed by atoms with Crippen LogP contribution in [0.1, 0.15) is 40.2 Å². The lowest BCUT2D eigenvalue weighted by Gasteiger charge is -2.32. The third-order valence-corrected chi connectivity index (χ3v) is 5.97. The molecule has 150 valence electrons. The second-order valence-electron chi connectivity index (χ2n) is 7.83. The number of carboxylic acid groups (broad SMARTS) is 1. The first kappa shape index (κ1) is 19.2. The Bertz CT molecular complexity index is 933. The molecule has 0 saturated carbocycles. The van der Waals surface area contributed by atoms with Crippen LogP contribution in [-0.4, -0.2) is 47.3 Å². The normalized spacial score (nSPS) is 18.8. The van der Waals surface area contributed by atoms with E-state index in [1.54, 1.807) is 18.2 Å². The molecule has 2 aliphatic heterocycles. The Balaban J connectivity index is 1.41. The summed E-state index contributed by atoms with van der Waals surface area (Å²) in [4.78, 5) is 37.9. The molecule has 1 saturated heterocycles. The van der Waals surface area contributed by atoms with E-state index >= 15 is 0 Å². The van der Waals surface area contributed by atoms with Crippen LogP contribution in [0, 0.1) is 5.92 Å². The maximum absolute atomic E-state index is 13.0. The Morgan fingerprint density at radius 2 is 1.76 bits per heavy atom. The standard InChI is InChI=1S/C23H24N2O4/c26-21(23(28)29)19-14-24-20-7-6-17(13-18(19)20)22(27)25-10-8-16(9-11-25)12-15-4-2-1-3-5-15/h1-7,13,16,19,24H,8-12,14H2,(H,28,29). The van der Waals surface area contributed by atoms with Crippen molar-refractivity contribution in [2.24, 2.45) is 5.92 Å². The second kappa shape index (κ2) is 8.07. The van der Waals surface area contributed by atoms with Crippen molar-refractivity contribution >= 4 is 23.3 Å². The molecule has 0 spiro atoms. The van der Waals surface area contributed by atoms with Gasteiger partial charge in [0.05, 0.1) is 5.92 Å². The molecule has 6 heteroatoms. The number of carbonyl (C=O) groups excluding carboxylic acids is 2. The number of piperidine rings is 1. The fourth-order valence-electron chi connectivity index (χ4n) is 4.32. The summed E-state index contributed by atoms with van der Waals surface area (Å²) in [5, 5.41) is 12.1. The third-order valence-electron chi connectivity index (χ3n) is 5.97. The quantitative estimate of drug-likeness (QED) is 0.764. The zero-order valence-electron chi connectivity index (χ0n) is 16.1. The van der Waals surface area contributed by atoms with E-state index in [0.717, 1.165) is 24.9 Å². The van der Waals surface area contributed by atoms with E-state index < -0.39 is 17.7 Å². The predicted molar refractivity (Wildman–Crippen MR) is 109 cm³/mol. The van der Waals surface area contributed by atoms with Gasteiger partial charge in [-0.05, 0) is 54.5 Å². The Hall–Kier alpha value is -3.15. The van der Waals surface area contributed by atoms with Gasteiger partial charge >= 0.3 is 5.97 Å². The Labute approximate surface area is 169 Å². The van der Waals surface area contributed by atoms with Gasteiger partial charge in [-0.2, -0.15) is 0 Å². The largest absolute Gasteiger partial charge is 0.475 e. The summed E-state index contributed by atoms with van der Waals surface area (Å²) in [5.74, 6) is -2.51. The number of likely N-dealkylation sites (tertiary alicyclic amines) is 1. The van der Waals surface area contributed by atoms with Crippen LogP contribution in [0.5, 0.6) is 0 Å². The number of fused-ring (bicyclic) bond motifs is 1. The number of benzene rings is 2. The van der Waals surface area contributed by atoms with Crippen molar-refractivity contribution in [2.45, 2.75) is 25.2 Å². The average molecular weight is 392 g/mol. The molecule has 2 heterocycles. The number of carboxylic acids is 1. The van der Waals surface area contributed by atoms with E-state index in [-0.39, 0.29) is 12.5 Å². The highest BCUT2D eigenvalue weighted by Gasteiger charge is 2.33. The van der Waals surface area contributed by atoms with E-state index in [0.29, 0.717) is 30.1 Å². The van der Waals surface area contributed by atoms with E-state index in [9.17, 15) is 14.4 Å². The lowest BCUT2D eigenvalue weighted by atomic mass is 9.89. The lowest BCUT2D eigenvalue weighted by Crippen LogP contribution is -2.39. The highest BCUT2D eigenvalue weighted by Crippen LogP contribution is 2.33. The number of rotatable bonds is 5. The molecule has 1 fully saturated rings. The predicted octanol–water partition coefficient (Wildman–Crippen LogP) is 2.94. The third kappa shape index (κ3) is 4.01. The first-order valence-corrected chi connectivity index (χ1v) is 10.0. The van der Waals surface area contributed by atoms with Crippen molar-refractivity contribution < 1.29 is 19.5 Å². The van der Waals surface area contributed by atoms with Gasteiger partial charge in [0.15, 0.2) is 0 Å². The van der Waals surface area contributed by atoms with Gasteiger partial charge in [-0.25, -0.2) is 4.79 Å². The molecule has 6 nitrogen and oxygen atoms in total. The van der Waals surface area contributed by atoms with Crippen LogP contribution in [0.4, 0.5) is 5.69 Å². The number of ketones is 1. The molecule has 2 aromatic carbocycles. The minimum Gasteiger partial charge on any atom is -0.475 e. The van der Waals surface area contributed by atoms with E-state index in [1.807, 2.05) is 11.0 Å². The van der Waals surface area contributed by atoms with Crippen molar-refractivity contribution in [3.8, 4) is 0 Å². The summed E-state index contributed by atoms with van der Waals surface area (Å²) in [6.07, 6.45) is 2.97. The number of nitrogens with zero attached hydrogens (tertiary/aromatic N) is 1. The number of Topliss-reactive ketones (excluding diaryl/α,β-unsaturated/α-hetero) is 1. The highest BCUT2D eigenvalue weighted by molar-refractivity contribution is 6.35. The summed E-state index contributed by atoms with van der Waals surface area (Å²) in [7, 11) is 0. The molecule has 1 amide bonds. The monoisotopic (exact) mass is 392 g/mol. The van der Waals surface area contributed by atoms with Crippen LogP contribution >= 0.6 is 0 Å². The number of hydrogen-bond donors (Lipinski definition) is 2. The van der Waals surface area contributed by atoms with Crippen LogP contribution in [0.25, 0.3) is 0 Å². The van der Waals surface area contributed by atoms with Crippen LogP contribution in [0.3, 0.4) is 0 Å². The van der Waals surface area contributed by atoms with Gasteiger partial charge in [-0.15, -0.1) is 0 Å². The molecule has 0 bridgehead atoms. The molecular formula is C23H24N2O4. The van der Waals surface area contributed by atoms with Crippen LogP contribution < -0.4 is 5.32 Å². The minimum absolute atomic E-state index is 0.0561. The zero-order chi connectivity index (χ0) is 20.4. The van der Waals surface area contributed by atoms with Gasteiger partial charge < -0.3 is 15.3 Å². The number of hydrogen-bond acceptors (Lipinski definition) is 4. The lowest BCUT2D eigenvalue weighted by molar-refractivity contribution is -0.149. The highest BCUT2D eigenvalue weighted by atomic mass is 16.4. The number of amides is 1. The second-order valence-corrected chi connectivity index (χ2v) is 7.83. The maximum atomic E-state index is 13.0. The average Bonchev–Trinajstić information content (AvgIpc) is 3.17. The fourth-order valence-corrected chi connectivity index (χ4v) is 4.32. The van der Waals surface area contributed by atoms with Crippen molar-refractivity contribution in [3.63, 3.8) is 0 Å². The van der Waals surface area contributed by atoms with E-state index in [1.165, 1.54) is 5.56 Å². The molecule has 29 heavy (non-hydrogen) atoms. The van der Waals surface area contributed by atoms with Gasteiger partial charge in [-0.1, -0.05) is 30.3 Å². The van der Waals surface area contributed by atoms with Gasteiger partial charge in [-0.3, -0.25) is 9.59 Å². The summed E-state index contributed by atoms with van der Waals surface area (Å²) < 4.78 is 0. The molecule has 2 N–H and O–H groups in total. The number of carbonyl (C=O) groups is 3. The number of aliphatic carboxylic acids is 1. The molecule has 1 unspecified atom stereocenters. The number of anilines is 1. The first-order chi connectivity index (χ1) is 14.0. The van der Waals surface area contributed by atoms with Gasteiger partial charge in [0.25, 0.3) is 5.91 Å². The maximum Gasteiger partial charge on any atom is 0.372 e. The molecule has 1 atom stereocenters. The smallest absolute Gasteiger partial charge is 0.372 e. The van der Waals surface area contributed by atoms with Crippen molar-refractivity contribution in [3.05, 3.63) is 65.2 Å². The zero-order valence-corrected chi connectivity index (χ0v) is 16.1. The fraction of sp³-hybridized carbons (Fsp3) is 0.348. The molecule has 0 aromatic heterocycles. The Morgan fingerprint density at radius 3 is 2.45 bits per heavy atom. The van der Waals surface area contributed by atoms with Crippen molar-refractivity contribution in [1.29, 1.82) is 0 Å². The Kier molecular flexibility index (Phi) is 5.34. The van der Waals surface area contributed by atoms with E-state index in [2.05, 4.69) is 29.6 Å². The van der Waals surface area contributed by atoms with Crippen LogP contribution in [0.15, 0.2) is 48.5 Å². The van der Waals surface area contributed by atoms with Crippen LogP contribution in [-0.2, 0) is 16.0 Å². The first-order valence-electron chi connectivity index (χ1n) is 10.0. The molecular weight excluding hydrogens is 368 g/mol. The van der Waals surface area contributed by atoms with Crippen molar-refractivity contribution in [2.75, 3.05) is 25.0 Å². The van der Waals surface area contributed by atoms with Gasteiger partial charge in [0.2, 0.25) is 5.78 Å². The summed E-state index contributed by atoms with van der Waals surface area (Å²) in [5.41, 5.74) is 3.17. The summed E-state index contributed by atoms with van der Waals surface area (Å²) in [6, 6.07) is 15.6. The molecule has 2 aromatic rings.